The minimum Gasteiger partial charge on any atom is -0.355 e. The number of aromatic nitrogens is 2. The van der Waals surface area contributed by atoms with Crippen molar-refractivity contribution in [2.75, 3.05) is 6.54 Å². The zero-order valence-electron chi connectivity index (χ0n) is 13.4. The predicted octanol–water partition coefficient (Wildman–Crippen LogP) is 2.62. The third-order valence-corrected chi connectivity index (χ3v) is 6.35. The normalized spacial score (nSPS) is 14.9. The molecule has 124 valence electrons. The van der Waals surface area contributed by atoms with E-state index in [2.05, 4.69) is 15.3 Å². The summed E-state index contributed by atoms with van der Waals surface area (Å²) in [7, 11) is 0. The third kappa shape index (κ3) is 3.45. The summed E-state index contributed by atoms with van der Waals surface area (Å²) in [6, 6.07) is 0. The van der Waals surface area contributed by atoms with Gasteiger partial charge in [0.1, 0.15) is 10.7 Å². The number of H-pyrrole nitrogens is 1. The average molecular weight is 351 g/mol. The highest BCUT2D eigenvalue weighted by molar-refractivity contribution is 7.99. The summed E-state index contributed by atoms with van der Waals surface area (Å²) in [5.41, 5.74) is 1.17. The molecule has 23 heavy (non-hydrogen) atoms. The number of carbonyl (C=O) groups excluding carboxylic acids is 1. The number of aromatic amines is 1. The van der Waals surface area contributed by atoms with Crippen LogP contribution in [-0.4, -0.2) is 27.7 Å². The van der Waals surface area contributed by atoms with Gasteiger partial charge in [0.25, 0.3) is 5.56 Å². The van der Waals surface area contributed by atoms with Gasteiger partial charge in [-0.15, -0.1) is 23.1 Å². The van der Waals surface area contributed by atoms with Gasteiger partial charge in [0.05, 0.1) is 16.4 Å². The molecule has 0 bridgehead atoms. The largest absolute Gasteiger partial charge is 0.355 e. The maximum Gasteiger partial charge on any atom is 0.259 e. The van der Waals surface area contributed by atoms with Gasteiger partial charge in [-0.2, -0.15) is 0 Å². The molecule has 0 aromatic carbocycles. The summed E-state index contributed by atoms with van der Waals surface area (Å²) in [6.45, 7) is 4.61. The zero-order valence-corrected chi connectivity index (χ0v) is 15.0. The van der Waals surface area contributed by atoms with Crippen molar-refractivity contribution < 1.29 is 4.79 Å². The Hall–Kier alpha value is -1.34. The molecule has 2 aromatic rings. The Balaban J connectivity index is 1.72. The van der Waals surface area contributed by atoms with Crippen LogP contribution in [0.2, 0.25) is 0 Å². The molecular weight excluding hydrogens is 330 g/mol. The van der Waals surface area contributed by atoms with Crippen molar-refractivity contribution in [3.63, 3.8) is 0 Å². The minimum atomic E-state index is -0.157. The van der Waals surface area contributed by atoms with Crippen molar-refractivity contribution in [3.05, 3.63) is 26.6 Å². The molecular formula is C16H21N3O2S2. The molecule has 7 heteroatoms. The quantitative estimate of drug-likeness (QED) is 0.839. The monoisotopic (exact) mass is 351 g/mol. The summed E-state index contributed by atoms with van der Waals surface area (Å²) < 4.78 is 0. The molecule has 2 heterocycles. The number of aryl methyl sites for hydroxylation is 2. The highest BCUT2D eigenvalue weighted by Gasteiger charge is 2.21. The molecule has 3 rings (SSSR count). The maximum absolute atomic E-state index is 12.4. The number of thiophene rings is 1. The number of amides is 1. The van der Waals surface area contributed by atoms with Crippen molar-refractivity contribution in [3.8, 4) is 0 Å². The standard InChI is InChI=1S/C16H21N3O2S2/c1-3-7-17-14(20)9(2)22-8-12-18-15(21)13-10-5-4-6-11(10)23-16(13)19-12/h9H,3-8H2,1-2H3,(H,17,20)(H,18,19,21). The van der Waals surface area contributed by atoms with Crippen LogP contribution < -0.4 is 10.9 Å². The second-order valence-corrected chi connectivity index (χ2v) is 8.21. The van der Waals surface area contributed by atoms with E-state index in [9.17, 15) is 9.59 Å². The fraction of sp³-hybridized carbons (Fsp3) is 0.562. The molecule has 1 aliphatic rings. The van der Waals surface area contributed by atoms with Crippen LogP contribution in [-0.2, 0) is 23.4 Å². The zero-order chi connectivity index (χ0) is 16.4. The average Bonchev–Trinajstić information content (AvgIpc) is 3.10. The summed E-state index contributed by atoms with van der Waals surface area (Å²) in [5.74, 6) is 1.23. The molecule has 1 atom stereocenters. The van der Waals surface area contributed by atoms with Gasteiger partial charge in [-0.3, -0.25) is 9.59 Å². The van der Waals surface area contributed by atoms with Crippen LogP contribution in [0.5, 0.6) is 0 Å². The highest BCUT2D eigenvalue weighted by Crippen LogP contribution is 2.34. The summed E-state index contributed by atoms with van der Waals surface area (Å²) >= 11 is 3.14. The van der Waals surface area contributed by atoms with Crippen LogP contribution in [0.4, 0.5) is 0 Å². The first-order valence-corrected chi connectivity index (χ1v) is 9.89. The van der Waals surface area contributed by atoms with E-state index >= 15 is 0 Å². The first-order chi connectivity index (χ1) is 11.1. The minimum absolute atomic E-state index is 0.0342. The van der Waals surface area contributed by atoms with Crippen molar-refractivity contribution >= 4 is 39.2 Å². The lowest BCUT2D eigenvalue weighted by Gasteiger charge is -2.11. The van der Waals surface area contributed by atoms with E-state index in [-0.39, 0.29) is 16.7 Å². The molecule has 0 saturated heterocycles. The molecule has 0 fully saturated rings. The van der Waals surface area contributed by atoms with Crippen molar-refractivity contribution in [2.45, 2.75) is 50.5 Å². The van der Waals surface area contributed by atoms with E-state index in [0.29, 0.717) is 18.1 Å². The molecule has 0 aliphatic heterocycles. The van der Waals surface area contributed by atoms with Gasteiger partial charge in [-0.05, 0) is 38.2 Å². The Bertz CT molecular complexity index is 781. The Morgan fingerprint density at radius 1 is 1.48 bits per heavy atom. The van der Waals surface area contributed by atoms with Gasteiger partial charge >= 0.3 is 0 Å². The SMILES string of the molecule is CCCNC(=O)C(C)SCc1nc2sc3c(c2c(=O)[nH]1)CCC3. The van der Waals surface area contributed by atoms with Gasteiger partial charge < -0.3 is 10.3 Å². The maximum atomic E-state index is 12.4. The number of rotatable bonds is 6. The van der Waals surface area contributed by atoms with Gasteiger partial charge in [0.2, 0.25) is 5.91 Å². The van der Waals surface area contributed by atoms with E-state index in [1.54, 1.807) is 11.3 Å². The van der Waals surface area contributed by atoms with Crippen molar-refractivity contribution in [2.24, 2.45) is 0 Å². The van der Waals surface area contributed by atoms with E-state index in [0.717, 1.165) is 35.9 Å². The topological polar surface area (TPSA) is 74.8 Å². The lowest BCUT2D eigenvalue weighted by Crippen LogP contribution is -2.31. The van der Waals surface area contributed by atoms with Crippen molar-refractivity contribution in [1.82, 2.24) is 15.3 Å². The second kappa shape index (κ2) is 7.05. The highest BCUT2D eigenvalue weighted by atomic mass is 32.2. The molecule has 1 aliphatic carbocycles. The Morgan fingerprint density at radius 3 is 3.09 bits per heavy atom. The second-order valence-electron chi connectivity index (χ2n) is 5.79. The molecule has 2 N–H and O–H groups in total. The number of hydrogen-bond donors (Lipinski definition) is 2. The van der Waals surface area contributed by atoms with Crippen LogP contribution in [0.1, 0.15) is 43.0 Å². The fourth-order valence-corrected chi connectivity index (χ4v) is 4.85. The molecule has 1 unspecified atom stereocenters. The van der Waals surface area contributed by atoms with E-state index in [1.165, 1.54) is 22.2 Å². The predicted molar refractivity (Wildman–Crippen MR) is 96.3 cm³/mol. The molecule has 2 aromatic heterocycles. The van der Waals surface area contributed by atoms with Crippen LogP contribution in [0.25, 0.3) is 10.2 Å². The molecule has 1 amide bonds. The van der Waals surface area contributed by atoms with Crippen LogP contribution in [0.15, 0.2) is 4.79 Å². The van der Waals surface area contributed by atoms with E-state index in [1.807, 2.05) is 13.8 Å². The number of nitrogens with zero attached hydrogens (tertiary/aromatic N) is 1. The molecule has 0 radical (unpaired) electrons. The first kappa shape index (κ1) is 16.5. The smallest absolute Gasteiger partial charge is 0.259 e. The third-order valence-electron chi connectivity index (χ3n) is 4.01. The fourth-order valence-electron chi connectivity index (χ4n) is 2.79. The van der Waals surface area contributed by atoms with Crippen LogP contribution in [0.3, 0.4) is 0 Å². The first-order valence-electron chi connectivity index (χ1n) is 8.03. The molecule has 5 nitrogen and oxygen atoms in total. The van der Waals surface area contributed by atoms with Crippen LogP contribution in [0, 0.1) is 0 Å². The van der Waals surface area contributed by atoms with Gasteiger partial charge in [0, 0.05) is 11.4 Å². The van der Waals surface area contributed by atoms with E-state index in [4.69, 9.17) is 0 Å². The van der Waals surface area contributed by atoms with Gasteiger partial charge in [-0.1, -0.05) is 6.92 Å². The lowest BCUT2D eigenvalue weighted by atomic mass is 10.2. The van der Waals surface area contributed by atoms with Crippen molar-refractivity contribution in [1.29, 1.82) is 0 Å². The lowest BCUT2D eigenvalue weighted by molar-refractivity contribution is -0.120. The van der Waals surface area contributed by atoms with E-state index < -0.39 is 0 Å². The number of fused-ring (bicyclic) bond motifs is 3. The number of carbonyl (C=O) groups is 1. The summed E-state index contributed by atoms with van der Waals surface area (Å²) in [4.78, 5) is 33.9. The van der Waals surface area contributed by atoms with Crippen LogP contribution >= 0.6 is 23.1 Å². The molecule has 0 saturated carbocycles. The Labute approximate surface area is 143 Å². The summed E-state index contributed by atoms with van der Waals surface area (Å²) in [6.07, 6.45) is 4.12. The number of hydrogen-bond acceptors (Lipinski definition) is 5. The van der Waals surface area contributed by atoms with Gasteiger partial charge in [-0.25, -0.2) is 4.98 Å². The number of nitrogens with one attached hydrogen (secondary N) is 2. The van der Waals surface area contributed by atoms with Gasteiger partial charge in [0.15, 0.2) is 0 Å². The molecule has 0 spiro atoms. The number of thioether (sulfide) groups is 1. The summed E-state index contributed by atoms with van der Waals surface area (Å²) in [5, 5.41) is 3.51. The Kier molecular flexibility index (Phi) is 5.06. The Morgan fingerprint density at radius 2 is 2.30 bits per heavy atom.